The lowest BCUT2D eigenvalue weighted by Crippen LogP contribution is -2.43. The van der Waals surface area contributed by atoms with Gasteiger partial charge in [0.25, 0.3) is 0 Å². The number of hydrogen-bond donors (Lipinski definition) is 2. The monoisotopic (exact) mass is 328 g/mol. The molecule has 0 spiro atoms. The molecular formula is C20H28N2O2. The number of unbranched alkanes of at least 4 members (excludes halogenated alkanes) is 1. The van der Waals surface area contributed by atoms with Crippen molar-refractivity contribution in [3.63, 3.8) is 0 Å². The second kappa shape index (κ2) is 9.91. The molecule has 4 heteroatoms. The van der Waals surface area contributed by atoms with Crippen LogP contribution in [0.15, 0.2) is 36.4 Å². The number of rotatable bonds is 8. The number of amides is 2. The van der Waals surface area contributed by atoms with E-state index < -0.39 is 0 Å². The molecule has 0 saturated heterocycles. The number of hydrogen-bond acceptors (Lipinski definition) is 2. The van der Waals surface area contributed by atoms with Crippen molar-refractivity contribution in [1.29, 1.82) is 0 Å². The van der Waals surface area contributed by atoms with Crippen LogP contribution >= 0.6 is 0 Å². The summed E-state index contributed by atoms with van der Waals surface area (Å²) >= 11 is 0. The molecule has 130 valence electrons. The van der Waals surface area contributed by atoms with Crippen molar-refractivity contribution in [1.82, 2.24) is 10.6 Å². The lowest BCUT2D eigenvalue weighted by molar-refractivity contribution is -0.124. The van der Waals surface area contributed by atoms with E-state index in [1.807, 2.05) is 30.3 Å². The highest BCUT2D eigenvalue weighted by Crippen LogP contribution is 2.29. The molecule has 2 atom stereocenters. The van der Waals surface area contributed by atoms with Gasteiger partial charge in [0, 0.05) is 12.1 Å². The molecule has 0 bridgehead atoms. The van der Waals surface area contributed by atoms with Crippen molar-refractivity contribution < 1.29 is 9.59 Å². The SMILES string of the molecule is CCCCC1CCCC1NC(=O)CNC(=O)/C=C/c1ccccc1. The molecular weight excluding hydrogens is 300 g/mol. The number of benzene rings is 1. The predicted octanol–water partition coefficient (Wildman–Crippen LogP) is 3.29. The molecule has 2 amide bonds. The summed E-state index contributed by atoms with van der Waals surface area (Å²) in [6.07, 6.45) is 10.3. The zero-order valence-electron chi connectivity index (χ0n) is 14.5. The van der Waals surface area contributed by atoms with E-state index in [1.165, 1.54) is 38.2 Å². The fourth-order valence-corrected chi connectivity index (χ4v) is 3.26. The zero-order chi connectivity index (χ0) is 17.2. The molecule has 1 aliphatic rings. The fraction of sp³-hybridized carbons (Fsp3) is 0.500. The summed E-state index contributed by atoms with van der Waals surface area (Å²) in [5.41, 5.74) is 0.960. The first kappa shape index (κ1) is 18.2. The molecule has 0 aromatic heterocycles. The molecule has 24 heavy (non-hydrogen) atoms. The average molecular weight is 328 g/mol. The summed E-state index contributed by atoms with van der Waals surface area (Å²) in [5.74, 6) is 0.260. The first-order chi connectivity index (χ1) is 11.7. The van der Waals surface area contributed by atoms with E-state index in [9.17, 15) is 9.59 Å². The molecule has 1 saturated carbocycles. The molecule has 0 radical (unpaired) electrons. The summed E-state index contributed by atoms with van der Waals surface area (Å²) < 4.78 is 0. The van der Waals surface area contributed by atoms with Crippen molar-refractivity contribution in [2.45, 2.75) is 51.5 Å². The van der Waals surface area contributed by atoms with Gasteiger partial charge < -0.3 is 10.6 Å². The van der Waals surface area contributed by atoms with Crippen LogP contribution in [0.4, 0.5) is 0 Å². The predicted molar refractivity (Wildman–Crippen MR) is 97.3 cm³/mol. The second-order valence-corrected chi connectivity index (χ2v) is 6.47. The molecule has 1 fully saturated rings. The number of carbonyl (C=O) groups excluding carboxylic acids is 2. The maximum Gasteiger partial charge on any atom is 0.244 e. The molecule has 2 rings (SSSR count). The van der Waals surface area contributed by atoms with Crippen LogP contribution in [0.25, 0.3) is 6.08 Å². The summed E-state index contributed by atoms with van der Waals surface area (Å²) in [5, 5.41) is 5.74. The third-order valence-electron chi connectivity index (χ3n) is 4.58. The van der Waals surface area contributed by atoms with Gasteiger partial charge in [0.15, 0.2) is 0 Å². The minimum absolute atomic E-state index is 0.0367. The Labute approximate surface area is 144 Å². The first-order valence-corrected chi connectivity index (χ1v) is 8.99. The smallest absolute Gasteiger partial charge is 0.244 e. The van der Waals surface area contributed by atoms with Gasteiger partial charge in [-0.1, -0.05) is 56.5 Å². The molecule has 1 aromatic carbocycles. The standard InChI is InChI=1S/C20H28N2O2/c1-2-3-10-17-11-7-12-18(17)22-20(24)15-21-19(23)14-13-16-8-5-4-6-9-16/h4-6,8-9,13-14,17-18H,2-3,7,10-12,15H2,1H3,(H,21,23)(H,22,24)/b14-13+. The van der Waals surface area contributed by atoms with Gasteiger partial charge in [0.05, 0.1) is 6.54 Å². The highest BCUT2D eigenvalue weighted by Gasteiger charge is 2.27. The Morgan fingerprint density at radius 3 is 2.75 bits per heavy atom. The molecule has 4 nitrogen and oxygen atoms in total. The van der Waals surface area contributed by atoms with Crippen LogP contribution in [0.2, 0.25) is 0 Å². The van der Waals surface area contributed by atoms with Gasteiger partial charge in [-0.2, -0.15) is 0 Å². The van der Waals surface area contributed by atoms with Crippen molar-refractivity contribution in [3.8, 4) is 0 Å². The van der Waals surface area contributed by atoms with Gasteiger partial charge in [-0.15, -0.1) is 0 Å². The van der Waals surface area contributed by atoms with Crippen LogP contribution in [0.1, 0.15) is 51.0 Å². The van der Waals surface area contributed by atoms with E-state index in [-0.39, 0.29) is 24.4 Å². The Kier molecular flexibility index (Phi) is 7.53. The highest BCUT2D eigenvalue weighted by molar-refractivity contribution is 5.94. The van der Waals surface area contributed by atoms with E-state index in [0.717, 1.165) is 12.0 Å². The first-order valence-electron chi connectivity index (χ1n) is 8.99. The summed E-state index contributed by atoms with van der Waals surface area (Å²) in [4.78, 5) is 23.8. The highest BCUT2D eigenvalue weighted by atomic mass is 16.2. The molecule has 2 N–H and O–H groups in total. The van der Waals surface area contributed by atoms with Crippen molar-refractivity contribution in [3.05, 3.63) is 42.0 Å². The van der Waals surface area contributed by atoms with Gasteiger partial charge in [0.2, 0.25) is 11.8 Å². The Morgan fingerprint density at radius 1 is 1.21 bits per heavy atom. The maximum atomic E-state index is 12.0. The van der Waals surface area contributed by atoms with Crippen LogP contribution in [0, 0.1) is 5.92 Å². The van der Waals surface area contributed by atoms with Crippen molar-refractivity contribution >= 4 is 17.9 Å². The third-order valence-corrected chi connectivity index (χ3v) is 4.58. The number of nitrogens with one attached hydrogen (secondary N) is 2. The van der Waals surface area contributed by atoms with Gasteiger partial charge in [-0.3, -0.25) is 9.59 Å². The average Bonchev–Trinajstić information content (AvgIpc) is 3.04. The van der Waals surface area contributed by atoms with Crippen molar-refractivity contribution in [2.24, 2.45) is 5.92 Å². The third kappa shape index (κ3) is 6.19. The molecule has 2 unspecified atom stereocenters. The van der Waals surface area contributed by atoms with E-state index in [2.05, 4.69) is 17.6 Å². The van der Waals surface area contributed by atoms with Gasteiger partial charge in [-0.05, 0) is 36.8 Å². The van der Waals surface area contributed by atoms with Crippen molar-refractivity contribution in [2.75, 3.05) is 6.54 Å². The Morgan fingerprint density at radius 2 is 2.00 bits per heavy atom. The van der Waals surface area contributed by atoms with Gasteiger partial charge in [-0.25, -0.2) is 0 Å². The van der Waals surface area contributed by atoms with E-state index in [0.29, 0.717) is 5.92 Å². The number of carbonyl (C=O) groups is 2. The zero-order valence-corrected chi connectivity index (χ0v) is 14.5. The largest absolute Gasteiger partial charge is 0.352 e. The van der Waals surface area contributed by atoms with Crippen LogP contribution < -0.4 is 10.6 Å². The Hall–Kier alpha value is -2.10. The lowest BCUT2D eigenvalue weighted by atomic mass is 9.97. The fourth-order valence-electron chi connectivity index (χ4n) is 3.26. The van der Waals surface area contributed by atoms with Gasteiger partial charge in [0.1, 0.15) is 0 Å². The second-order valence-electron chi connectivity index (χ2n) is 6.47. The molecule has 1 aliphatic carbocycles. The van der Waals surface area contributed by atoms with Crippen LogP contribution in [0.3, 0.4) is 0 Å². The summed E-state index contributed by atoms with van der Waals surface area (Å²) in [6, 6.07) is 9.89. The van der Waals surface area contributed by atoms with Crippen LogP contribution in [-0.2, 0) is 9.59 Å². The Balaban J connectivity index is 1.70. The van der Waals surface area contributed by atoms with E-state index in [1.54, 1.807) is 6.08 Å². The minimum atomic E-state index is -0.247. The summed E-state index contributed by atoms with van der Waals surface area (Å²) in [6.45, 7) is 2.23. The minimum Gasteiger partial charge on any atom is -0.352 e. The lowest BCUT2D eigenvalue weighted by Gasteiger charge is -2.20. The van der Waals surface area contributed by atoms with E-state index in [4.69, 9.17) is 0 Å². The van der Waals surface area contributed by atoms with Crippen LogP contribution in [0.5, 0.6) is 0 Å². The van der Waals surface area contributed by atoms with Crippen LogP contribution in [-0.4, -0.2) is 24.4 Å². The molecule has 0 aliphatic heterocycles. The normalized spacial score (nSPS) is 20.2. The topological polar surface area (TPSA) is 58.2 Å². The maximum absolute atomic E-state index is 12.0. The summed E-state index contributed by atoms with van der Waals surface area (Å²) in [7, 11) is 0. The quantitative estimate of drug-likeness (QED) is 0.720. The molecule has 1 aromatic rings. The molecule has 0 heterocycles. The van der Waals surface area contributed by atoms with E-state index >= 15 is 0 Å². The van der Waals surface area contributed by atoms with Gasteiger partial charge >= 0.3 is 0 Å². The Bertz CT molecular complexity index is 554.